The van der Waals surface area contributed by atoms with Gasteiger partial charge in [-0.2, -0.15) is 5.21 Å². The zero-order chi connectivity index (χ0) is 29.2. The molecule has 1 N–H and O–H groups in total. The van der Waals surface area contributed by atoms with Crippen LogP contribution >= 0.6 is 0 Å². The number of H-pyrrole nitrogens is 1. The van der Waals surface area contributed by atoms with Crippen LogP contribution < -0.4 is 11.2 Å². The lowest BCUT2D eigenvalue weighted by Gasteiger charge is -2.17. The predicted molar refractivity (Wildman–Crippen MR) is 162 cm³/mol. The van der Waals surface area contributed by atoms with Gasteiger partial charge in [0.25, 0.3) is 5.56 Å². The molecule has 212 valence electrons. The predicted octanol–water partition coefficient (Wildman–Crippen LogP) is 4.84. The van der Waals surface area contributed by atoms with Gasteiger partial charge < -0.3 is 4.57 Å². The standard InChI is InChI=1S/C32H32N8O2/c1-4-11-27-33-30-28(31(41)40(32(42)38(30)5-2)21(3)23-12-7-6-8-13-23)39(27)20-22-16-18-24(19-17-22)25-14-9-10-15-26(25)29-34-36-37-35-29/h6-10,12-19,21H,4-5,11,20H2,1-3H3,(H,34,35,36,37). The van der Waals surface area contributed by atoms with E-state index in [0.717, 1.165) is 40.1 Å². The van der Waals surface area contributed by atoms with Crippen LogP contribution in [-0.2, 0) is 19.5 Å². The maximum absolute atomic E-state index is 14.1. The number of nitrogens with one attached hydrogen (secondary N) is 1. The molecule has 0 amide bonds. The number of imidazole rings is 1. The monoisotopic (exact) mass is 560 g/mol. The molecule has 0 bridgehead atoms. The normalized spacial score (nSPS) is 12.2. The molecule has 1 atom stereocenters. The van der Waals surface area contributed by atoms with Crippen molar-refractivity contribution < 1.29 is 0 Å². The number of hydrogen-bond donors (Lipinski definition) is 1. The molecule has 10 nitrogen and oxygen atoms in total. The van der Waals surface area contributed by atoms with E-state index in [9.17, 15) is 9.59 Å². The molecule has 6 aromatic rings. The van der Waals surface area contributed by atoms with Crippen LogP contribution in [0, 0.1) is 0 Å². The van der Waals surface area contributed by atoms with Crippen LogP contribution in [-0.4, -0.2) is 39.3 Å². The summed E-state index contributed by atoms with van der Waals surface area (Å²) in [6, 6.07) is 25.4. The van der Waals surface area contributed by atoms with E-state index in [-0.39, 0.29) is 11.2 Å². The molecule has 3 aromatic heterocycles. The minimum Gasteiger partial charge on any atom is -0.318 e. The minimum absolute atomic E-state index is 0.323. The van der Waals surface area contributed by atoms with Crippen molar-refractivity contribution in [2.45, 2.75) is 52.7 Å². The number of fused-ring (bicyclic) bond motifs is 1. The maximum Gasteiger partial charge on any atom is 0.333 e. The van der Waals surface area contributed by atoms with E-state index >= 15 is 0 Å². The van der Waals surface area contributed by atoms with Gasteiger partial charge in [0, 0.05) is 25.1 Å². The van der Waals surface area contributed by atoms with Gasteiger partial charge in [0.15, 0.2) is 11.2 Å². The van der Waals surface area contributed by atoms with Crippen molar-refractivity contribution in [3.05, 3.63) is 117 Å². The number of aromatic amines is 1. The fourth-order valence-corrected chi connectivity index (χ4v) is 5.58. The van der Waals surface area contributed by atoms with E-state index in [1.807, 2.05) is 73.0 Å². The lowest BCUT2D eigenvalue weighted by Crippen LogP contribution is -2.42. The first-order valence-electron chi connectivity index (χ1n) is 14.2. The fourth-order valence-electron chi connectivity index (χ4n) is 5.58. The number of aryl methyl sites for hydroxylation is 2. The second kappa shape index (κ2) is 11.4. The zero-order valence-corrected chi connectivity index (χ0v) is 23.9. The molecule has 3 heterocycles. The number of benzene rings is 3. The van der Waals surface area contributed by atoms with Gasteiger partial charge in [-0.3, -0.25) is 13.9 Å². The third-order valence-corrected chi connectivity index (χ3v) is 7.72. The fraction of sp³-hybridized carbons (Fsp3) is 0.250. The summed E-state index contributed by atoms with van der Waals surface area (Å²) in [7, 11) is 0. The molecular formula is C32H32N8O2. The van der Waals surface area contributed by atoms with Gasteiger partial charge in [-0.05, 0) is 47.7 Å². The highest BCUT2D eigenvalue weighted by Gasteiger charge is 2.24. The molecule has 0 aliphatic rings. The van der Waals surface area contributed by atoms with Crippen LogP contribution in [0.25, 0.3) is 33.7 Å². The molecule has 42 heavy (non-hydrogen) atoms. The Kier molecular flexibility index (Phi) is 7.35. The van der Waals surface area contributed by atoms with Crippen molar-refractivity contribution in [1.82, 2.24) is 39.3 Å². The second-order valence-corrected chi connectivity index (χ2v) is 10.3. The Labute approximate surface area is 242 Å². The zero-order valence-electron chi connectivity index (χ0n) is 23.9. The highest BCUT2D eigenvalue weighted by molar-refractivity contribution is 5.80. The molecular weight excluding hydrogens is 528 g/mol. The van der Waals surface area contributed by atoms with Gasteiger partial charge >= 0.3 is 5.69 Å². The van der Waals surface area contributed by atoms with Gasteiger partial charge in [0.05, 0.1) is 6.04 Å². The van der Waals surface area contributed by atoms with Crippen molar-refractivity contribution >= 4 is 11.2 Å². The maximum atomic E-state index is 14.1. The van der Waals surface area contributed by atoms with Gasteiger partial charge in [-0.15, -0.1) is 10.2 Å². The Hall–Kier alpha value is -5.12. The summed E-state index contributed by atoms with van der Waals surface area (Å²) in [6.45, 7) is 6.75. The molecule has 0 saturated heterocycles. The van der Waals surface area contributed by atoms with Gasteiger partial charge in [0.2, 0.25) is 5.82 Å². The summed E-state index contributed by atoms with van der Waals surface area (Å²) >= 11 is 0. The molecule has 1 unspecified atom stereocenters. The number of hydrogen-bond acceptors (Lipinski definition) is 6. The first-order valence-corrected chi connectivity index (χ1v) is 14.2. The summed E-state index contributed by atoms with van der Waals surface area (Å²) in [5, 5.41) is 14.5. The average molecular weight is 561 g/mol. The number of nitrogens with zero attached hydrogens (tertiary/aromatic N) is 7. The smallest absolute Gasteiger partial charge is 0.318 e. The van der Waals surface area contributed by atoms with Crippen LogP contribution in [0.4, 0.5) is 0 Å². The van der Waals surface area contributed by atoms with Crippen LogP contribution in [0.2, 0.25) is 0 Å². The largest absolute Gasteiger partial charge is 0.333 e. The Morgan fingerprint density at radius 2 is 1.57 bits per heavy atom. The molecule has 0 saturated carbocycles. The van der Waals surface area contributed by atoms with Crippen molar-refractivity contribution in [1.29, 1.82) is 0 Å². The third kappa shape index (κ3) is 4.74. The van der Waals surface area contributed by atoms with Crippen LogP contribution in [0.1, 0.15) is 50.2 Å². The lowest BCUT2D eigenvalue weighted by molar-refractivity contribution is 0.542. The molecule has 3 aromatic carbocycles. The van der Waals surface area contributed by atoms with E-state index in [4.69, 9.17) is 4.98 Å². The molecule has 0 aliphatic carbocycles. The SMILES string of the molecule is CCCc1nc2c(c(=O)n(C(C)c3ccccc3)c(=O)n2CC)n1Cc1ccc(-c2ccccc2-c2nn[nH]n2)cc1. The van der Waals surface area contributed by atoms with E-state index in [1.54, 1.807) is 4.57 Å². The first kappa shape index (κ1) is 27.1. The molecule has 0 fully saturated rings. The van der Waals surface area contributed by atoms with Gasteiger partial charge in [-0.25, -0.2) is 9.78 Å². The Morgan fingerprint density at radius 1 is 0.857 bits per heavy atom. The lowest BCUT2D eigenvalue weighted by atomic mass is 9.98. The summed E-state index contributed by atoms with van der Waals surface area (Å²) in [6.07, 6.45) is 1.55. The van der Waals surface area contributed by atoms with Crippen molar-refractivity contribution in [2.24, 2.45) is 0 Å². The molecule has 0 aliphatic heterocycles. The van der Waals surface area contributed by atoms with Crippen LogP contribution in [0.15, 0.2) is 88.5 Å². The quantitative estimate of drug-likeness (QED) is 0.271. The van der Waals surface area contributed by atoms with E-state index < -0.39 is 6.04 Å². The Morgan fingerprint density at radius 3 is 2.24 bits per heavy atom. The topological polar surface area (TPSA) is 116 Å². The van der Waals surface area contributed by atoms with Gasteiger partial charge in [0.1, 0.15) is 5.82 Å². The van der Waals surface area contributed by atoms with E-state index in [0.29, 0.717) is 36.5 Å². The number of rotatable bonds is 9. The van der Waals surface area contributed by atoms with Crippen molar-refractivity contribution in [3.63, 3.8) is 0 Å². The summed E-state index contributed by atoms with van der Waals surface area (Å²) in [4.78, 5) is 32.6. The minimum atomic E-state index is -0.426. The molecule has 10 heteroatoms. The van der Waals surface area contributed by atoms with E-state index in [2.05, 4.69) is 51.8 Å². The highest BCUT2D eigenvalue weighted by Crippen LogP contribution is 2.30. The molecule has 6 rings (SSSR count). The van der Waals surface area contributed by atoms with Gasteiger partial charge in [-0.1, -0.05) is 85.8 Å². The second-order valence-electron chi connectivity index (χ2n) is 10.3. The summed E-state index contributed by atoms with van der Waals surface area (Å²) < 4.78 is 4.97. The Balaban J connectivity index is 1.45. The molecule has 0 spiro atoms. The number of tetrazole rings is 1. The average Bonchev–Trinajstić information content (AvgIpc) is 3.68. The highest BCUT2D eigenvalue weighted by atomic mass is 16.2. The number of aromatic nitrogens is 8. The summed E-state index contributed by atoms with van der Waals surface area (Å²) in [5.74, 6) is 1.33. The van der Waals surface area contributed by atoms with Crippen molar-refractivity contribution in [3.8, 4) is 22.5 Å². The Bertz CT molecular complexity index is 1950. The first-order chi connectivity index (χ1) is 20.5. The van der Waals surface area contributed by atoms with Crippen LogP contribution in [0.5, 0.6) is 0 Å². The molecule has 0 radical (unpaired) electrons. The van der Waals surface area contributed by atoms with E-state index in [1.165, 1.54) is 4.57 Å². The summed E-state index contributed by atoms with van der Waals surface area (Å²) in [5.41, 5.74) is 5.04. The third-order valence-electron chi connectivity index (χ3n) is 7.72. The van der Waals surface area contributed by atoms with Crippen molar-refractivity contribution in [2.75, 3.05) is 0 Å². The van der Waals surface area contributed by atoms with Crippen LogP contribution in [0.3, 0.4) is 0 Å².